The van der Waals surface area contributed by atoms with E-state index in [1.807, 2.05) is 6.07 Å². The van der Waals surface area contributed by atoms with E-state index >= 15 is 0 Å². The number of rotatable bonds is 8. The molecule has 0 saturated carbocycles. The Balaban J connectivity index is 2.60. The maximum atomic E-state index is 6.06. The van der Waals surface area contributed by atoms with Crippen LogP contribution < -0.4 is 5.32 Å². The van der Waals surface area contributed by atoms with Crippen LogP contribution in [0.1, 0.15) is 51.0 Å². The van der Waals surface area contributed by atoms with Crippen molar-refractivity contribution in [2.24, 2.45) is 0 Å². The highest BCUT2D eigenvalue weighted by atomic mass is 35.5. The zero-order valence-corrected chi connectivity index (χ0v) is 11.8. The Morgan fingerprint density at radius 2 is 2.06 bits per heavy atom. The molecular formula is C15H24ClN. The van der Waals surface area contributed by atoms with Gasteiger partial charge in [0.15, 0.2) is 0 Å². The Morgan fingerprint density at radius 3 is 2.71 bits per heavy atom. The van der Waals surface area contributed by atoms with Crippen molar-refractivity contribution in [1.29, 1.82) is 0 Å². The van der Waals surface area contributed by atoms with Gasteiger partial charge in [-0.2, -0.15) is 0 Å². The predicted octanol–water partition coefficient (Wildman–Crippen LogP) is 4.61. The lowest BCUT2D eigenvalue weighted by Crippen LogP contribution is -2.21. The third kappa shape index (κ3) is 5.56. The third-order valence-corrected chi connectivity index (χ3v) is 3.35. The number of hydrogen-bond acceptors (Lipinski definition) is 1. The molecule has 0 bridgehead atoms. The summed E-state index contributed by atoms with van der Waals surface area (Å²) in [5.41, 5.74) is 1.37. The first-order valence-electron chi connectivity index (χ1n) is 6.74. The summed E-state index contributed by atoms with van der Waals surface area (Å²) in [7, 11) is 0. The highest BCUT2D eigenvalue weighted by Gasteiger charge is 2.10. The molecule has 17 heavy (non-hydrogen) atoms. The lowest BCUT2D eigenvalue weighted by molar-refractivity contribution is 0.528. The summed E-state index contributed by atoms with van der Waals surface area (Å²) in [5, 5.41) is 4.30. The van der Waals surface area contributed by atoms with Crippen LogP contribution in [0.2, 0.25) is 5.02 Å². The topological polar surface area (TPSA) is 12.0 Å². The summed E-state index contributed by atoms with van der Waals surface area (Å²) in [5.74, 6) is 0.597. The SMILES string of the molecule is CCCCCC(CNCC)c1cccc(Cl)c1. The summed E-state index contributed by atoms with van der Waals surface area (Å²) < 4.78 is 0. The summed E-state index contributed by atoms with van der Waals surface area (Å²) in [6.45, 7) is 6.49. The van der Waals surface area contributed by atoms with Gasteiger partial charge in [0, 0.05) is 11.6 Å². The van der Waals surface area contributed by atoms with Gasteiger partial charge in [-0.15, -0.1) is 0 Å². The van der Waals surface area contributed by atoms with Crippen molar-refractivity contribution in [3.05, 3.63) is 34.9 Å². The molecule has 0 aromatic heterocycles. The Labute approximate surface area is 111 Å². The Kier molecular flexibility index (Phi) is 7.30. The molecule has 96 valence electrons. The fraction of sp³-hybridized carbons (Fsp3) is 0.600. The van der Waals surface area contributed by atoms with E-state index in [1.165, 1.54) is 31.2 Å². The van der Waals surface area contributed by atoms with Crippen LogP contribution in [0.15, 0.2) is 24.3 Å². The number of halogens is 1. The summed E-state index contributed by atoms with van der Waals surface area (Å²) in [4.78, 5) is 0. The van der Waals surface area contributed by atoms with E-state index in [2.05, 4.69) is 37.4 Å². The van der Waals surface area contributed by atoms with Gasteiger partial charge >= 0.3 is 0 Å². The quantitative estimate of drug-likeness (QED) is 0.667. The molecule has 0 amide bonds. The average Bonchev–Trinajstić information content (AvgIpc) is 2.33. The van der Waals surface area contributed by atoms with E-state index in [-0.39, 0.29) is 0 Å². The smallest absolute Gasteiger partial charge is 0.0408 e. The molecule has 0 fully saturated rings. The summed E-state index contributed by atoms with van der Waals surface area (Å²) in [6.07, 6.45) is 5.16. The molecule has 1 unspecified atom stereocenters. The van der Waals surface area contributed by atoms with Gasteiger partial charge in [-0.3, -0.25) is 0 Å². The minimum Gasteiger partial charge on any atom is -0.316 e. The van der Waals surface area contributed by atoms with Crippen LogP contribution in [-0.2, 0) is 0 Å². The molecule has 1 nitrogen and oxygen atoms in total. The van der Waals surface area contributed by atoms with Crippen LogP contribution in [-0.4, -0.2) is 13.1 Å². The highest BCUT2D eigenvalue weighted by Crippen LogP contribution is 2.24. The van der Waals surface area contributed by atoms with E-state index in [0.29, 0.717) is 5.92 Å². The van der Waals surface area contributed by atoms with E-state index in [4.69, 9.17) is 11.6 Å². The molecule has 1 rings (SSSR count). The molecule has 0 heterocycles. The van der Waals surface area contributed by atoms with Gasteiger partial charge in [-0.25, -0.2) is 0 Å². The highest BCUT2D eigenvalue weighted by molar-refractivity contribution is 6.30. The molecule has 0 aliphatic heterocycles. The molecule has 1 aromatic rings. The largest absolute Gasteiger partial charge is 0.316 e. The van der Waals surface area contributed by atoms with Gasteiger partial charge in [0.05, 0.1) is 0 Å². The number of unbranched alkanes of at least 4 members (excludes halogenated alkanes) is 2. The van der Waals surface area contributed by atoms with Gasteiger partial charge in [0.2, 0.25) is 0 Å². The van der Waals surface area contributed by atoms with E-state index in [9.17, 15) is 0 Å². The average molecular weight is 254 g/mol. The number of benzene rings is 1. The van der Waals surface area contributed by atoms with Crippen LogP contribution in [0.5, 0.6) is 0 Å². The van der Waals surface area contributed by atoms with Gasteiger partial charge in [0.25, 0.3) is 0 Å². The molecule has 1 N–H and O–H groups in total. The number of likely N-dealkylation sites (N-methyl/N-ethyl adjacent to an activating group) is 1. The van der Waals surface area contributed by atoms with Crippen molar-refractivity contribution in [2.45, 2.75) is 45.4 Å². The second kappa shape index (κ2) is 8.54. The van der Waals surface area contributed by atoms with Crippen LogP contribution in [0.3, 0.4) is 0 Å². The minimum absolute atomic E-state index is 0.597. The maximum Gasteiger partial charge on any atom is 0.0408 e. The fourth-order valence-corrected chi connectivity index (χ4v) is 2.31. The van der Waals surface area contributed by atoms with Gasteiger partial charge in [-0.05, 0) is 36.6 Å². The molecule has 1 atom stereocenters. The standard InChI is InChI=1S/C15H24ClN/c1-3-5-6-8-14(12-17-4-2)13-9-7-10-15(16)11-13/h7,9-11,14,17H,3-6,8,12H2,1-2H3. The zero-order valence-electron chi connectivity index (χ0n) is 11.0. The first-order chi connectivity index (χ1) is 8.27. The molecule has 0 aliphatic rings. The lowest BCUT2D eigenvalue weighted by Gasteiger charge is -2.18. The summed E-state index contributed by atoms with van der Waals surface area (Å²) in [6, 6.07) is 8.30. The molecule has 0 saturated heterocycles. The minimum atomic E-state index is 0.597. The maximum absolute atomic E-state index is 6.06. The molecule has 1 aromatic carbocycles. The first kappa shape index (κ1) is 14.5. The molecular weight excluding hydrogens is 230 g/mol. The molecule has 0 aliphatic carbocycles. The Hall–Kier alpha value is -0.530. The van der Waals surface area contributed by atoms with E-state index in [0.717, 1.165) is 18.1 Å². The molecule has 2 heteroatoms. The normalized spacial score (nSPS) is 12.6. The first-order valence-corrected chi connectivity index (χ1v) is 7.11. The Morgan fingerprint density at radius 1 is 1.24 bits per heavy atom. The second-order valence-corrected chi connectivity index (χ2v) is 4.99. The zero-order chi connectivity index (χ0) is 12.5. The third-order valence-electron chi connectivity index (χ3n) is 3.12. The van der Waals surface area contributed by atoms with Crippen molar-refractivity contribution in [1.82, 2.24) is 5.32 Å². The monoisotopic (exact) mass is 253 g/mol. The van der Waals surface area contributed by atoms with Crippen molar-refractivity contribution < 1.29 is 0 Å². The predicted molar refractivity (Wildman–Crippen MR) is 76.9 cm³/mol. The van der Waals surface area contributed by atoms with Crippen molar-refractivity contribution in [2.75, 3.05) is 13.1 Å². The van der Waals surface area contributed by atoms with Gasteiger partial charge in [0.1, 0.15) is 0 Å². The van der Waals surface area contributed by atoms with Crippen molar-refractivity contribution in [3.8, 4) is 0 Å². The van der Waals surface area contributed by atoms with Crippen LogP contribution in [0, 0.1) is 0 Å². The van der Waals surface area contributed by atoms with E-state index < -0.39 is 0 Å². The van der Waals surface area contributed by atoms with Crippen molar-refractivity contribution >= 4 is 11.6 Å². The number of nitrogens with one attached hydrogen (secondary N) is 1. The lowest BCUT2D eigenvalue weighted by atomic mass is 9.93. The van der Waals surface area contributed by atoms with Gasteiger partial charge < -0.3 is 5.32 Å². The van der Waals surface area contributed by atoms with E-state index in [1.54, 1.807) is 0 Å². The number of hydrogen-bond donors (Lipinski definition) is 1. The second-order valence-electron chi connectivity index (χ2n) is 4.56. The molecule has 0 spiro atoms. The van der Waals surface area contributed by atoms with Crippen LogP contribution in [0.4, 0.5) is 0 Å². The molecule has 0 radical (unpaired) electrons. The fourth-order valence-electron chi connectivity index (χ4n) is 2.11. The van der Waals surface area contributed by atoms with Crippen molar-refractivity contribution in [3.63, 3.8) is 0 Å². The van der Waals surface area contributed by atoms with Crippen LogP contribution in [0.25, 0.3) is 0 Å². The van der Waals surface area contributed by atoms with Crippen LogP contribution >= 0.6 is 11.6 Å². The van der Waals surface area contributed by atoms with Gasteiger partial charge in [-0.1, -0.05) is 56.8 Å². The summed E-state index contributed by atoms with van der Waals surface area (Å²) >= 11 is 6.06. The Bertz CT molecular complexity index is 312.